The van der Waals surface area contributed by atoms with Crippen molar-refractivity contribution in [3.63, 3.8) is 0 Å². The highest BCUT2D eigenvalue weighted by atomic mass is 16.5. The van der Waals surface area contributed by atoms with Gasteiger partial charge in [0.05, 0.1) is 5.69 Å². The van der Waals surface area contributed by atoms with Crippen molar-refractivity contribution in [2.75, 3.05) is 27.2 Å². The fourth-order valence-corrected chi connectivity index (χ4v) is 1.43. The molecule has 0 fully saturated rings. The molecule has 1 amide bonds. The van der Waals surface area contributed by atoms with E-state index in [-0.39, 0.29) is 5.91 Å². The number of aryl methyl sites for hydroxylation is 2. The molecule has 90 valence electrons. The van der Waals surface area contributed by atoms with E-state index in [0.717, 1.165) is 12.2 Å². The molecule has 5 heteroatoms. The summed E-state index contributed by atoms with van der Waals surface area (Å²) < 4.78 is 5.01. The fraction of sp³-hybridized carbons (Fsp3) is 0.636. The molecule has 0 aromatic carbocycles. The SMILES string of the molecule is CCc1noc(C)c1C(=O)NCCN(C)C. The lowest BCUT2D eigenvalue weighted by Gasteiger charge is -2.10. The topological polar surface area (TPSA) is 58.4 Å². The predicted molar refractivity (Wildman–Crippen MR) is 61.5 cm³/mol. The van der Waals surface area contributed by atoms with Gasteiger partial charge in [0.2, 0.25) is 0 Å². The molecule has 1 N–H and O–H groups in total. The maximum Gasteiger partial charge on any atom is 0.256 e. The highest BCUT2D eigenvalue weighted by molar-refractivity contribution is 5.96. The van der Waals surface area contributed by atoms with E-state index in [2.05, 4.69) is 10.5 Å². The Hall–Kier alpha value is -1.36. The molecule has 0 bridgehead atoms. The molecule has 1 heterocycles. The summed E-state index contributed by atoms with van der Waals surface area (Å²) in [5, 5.41) is 6.70. The van der Waals surface area contributed by atoms with Crippen molar-refractivity contribution >= 4 is 5.91 Å². The molecule has 1 aromatic rings. The maximum atomic E-state index is 11.9. The Balaban J connectivity index is 2.62. The Morgan fingerprint density at radius 1 is 1.50 bits per heavy atom. The zero-order valence-corrected chi connectivity index (χ0v) is 10.3. The van der Waals surface area contributed by atoms with Gasteiger partial charge in [-0.1, -0.05) is 12.1 Å². The number of aromatic nitrogens is 1. The van der Waals surface area contributed by atoms with Gasteiger partial charge in [0.25, 0.3) is 5.91 Å². The van der Waals surface area contributed by atoms with E-state index in [0.29, 0.717) is 24.3 Å². The van der Waals surface area contributed by atoms with Crippen LogP contribution in [0.5, 0.6) is 0 Å². The Kier molecular flexibility index (Phi) is 4.49. The minimum Gasteiger partial charge on any atom is -0.361 e. The first-order chi connectivity index (χ1) is 7.56. The first-order valence-corrected chi connectivity index (χ1v) is 5.44. The fourth-order valence-electron chi connectivity index (χ4n) is 1.43. The van der Waals surface area contributed by atoms with Gasteiger partial charge in [0, 0.05) is 13.1 Å². The quantitative estimate of drug-likeness (QED) is 0.806. The zero-order valence-electron chi connectivity index (χ0n) is 10.3. The van der Waals surface area contributed by atoms with Gasteiger partial charge in [-0.05, 0) is 27.4 Å². The molecule has 1 rings (SSSR count). The van der Waals surface area contributed by atoms with E-state index in [4.69, 9.17) is 4.52 Å². The predicted octanol–water partition coefficient (Wildman–Crippen LogP) is 0.837. The highest BCUT2D eigenvalue weighted by Gasteiger charge is 2.18. The van der Waals surface area contributed by atoms with Crippen LogP contribution in [0, 0.1) is 6.92 Å². The number of hydrogen-bond donors (Lipinski definition) is 1. The maximum absolute atomic E-state index is 11.9. The van der Waals surface area contributed by atoms with Crippen LogP contribution in [-0.2, 0) is 6.42 Å². The molecule has 0 aliphatic heterocycles. The summed E-state index contributed by atoms with van der Waals surface area (Å²) in [4.78, 5) is 13.9. The van der Waals surface area contributed by atoms with Gasteiger partial charge in [0.1, 0.15) is 11.3 Å². The average molecular weight is 225 g/mol. The van der Waals surface area contributed by atoms with Crippen molar-refractivity contribution in [2.45, 2.75) is 20.3 Å². The number of nitrogens with zero attached hydrogens (tertiary/aromatic N) is 2. The third-order valence-corrected chi connectivity index (χ3v) is 2.34. The number of hydrogen-bond acceptors (Lipinski definition) is 4. The molecule has 0 saturated heterocycles. The first kappa shape index (κ1) is 12.7. The normalized spacial score (nSPS) is 10.8. The number of nitrogens with one attached hydrogen (secondary N) is 1. The van der Waals surface area contributed by atoms with Crippen molar-refractivity contribution in [1.82, 2.24) is 15.4 Å². The average Bonchev–Trinajstić information content (AvgIpc) is 2.58. The summed E-state index contributed by atoms with van der Waals surface area (Å²) in [7, 11) is 3.93. The largest absolute Gasteiger partial charge is 0.361 e. The second-order valence-corrected chi connectivity index (χ2v) is 3.97. The van der Waals surface area contributed by atoms with Crippen LogP contribution in [0.1, 0.15) is 28.7 Å². The van der Waals surface area contributed by atoms with Gasteiger partial charge < -0.3 is 14.7 Å². The van der Waals surface area contributed by atoms with E-state index < -0.39 is 0 Å². The third kappa shape index (κ3) is 3.06. The van der Waals surface area contributed by atoms with Gasteiger partial charge >= 0.3 is 0 Å². The van der Waals surface area contributed by atoms with Crippen LogP contribution in [0.15, 0.2) is 4.52 Å². The van der Waals surface area contributed by atoms with Crippen LogP contribution >= 0.6 is 0 Å². The molecule has 1 aromatic heterocycles. The number of amides is 1. The van der Waals surface area contributed by atoms with Crippen LogP contribution < -0.4 is 5.32 Å². The Labute approximate surface area is 95.8 Å². The standard InChI is InChI=1S/C11H19N3O2/c1-5-9-10(8(2)16-13-9)11(15)12-6-7-14(3)4/h5-7H2,1-4H3,(H,12,15). The molecule has 0 aliphatic carbocycles. The van der Waals surface area contributed by atoms with E-state index in [1.54, 1.807) is 6.92 Å². The summed E-state index contributed by atoms with van der Waals surface area (Å²) >= 11 is 0. The lowest BCUT2D eigenvalue weighted by molar-refractivity contribution is 0.0949. The number of carbonyl (C=O) groups excluding carboxylic acids is 1. The third-order valence-electron chi connectivity index (χ3n) is 2.34. The molecule has 0 radical (unpaired) electrons. The second kappa shape index (κ2) is 5.65. The lowest BCUT2D eigenvalue weighted by Crippen LogP contribution is -2.31. The van der Waals surface area contributed by atoms with E-state index in [1.165, 1.54) is 0 Å². The van der Waals surface area contributed by atoms with Crippen LogP contribution in [0.2, 0.25) is 0 Å². The van der Waals surface area contributed by atoms with Crippen molar-refractivity contribution in [3.8, 4) is 0 Å². The Bertz CT molecular complexity index is 358. The molecule has 0 atom stereocenters. The summed E-state index contributed by atoms with van der Waals surface area (Å²) in [6.45, 7) is 5.15. The summed E-state index contributed by atoms with van der Waals surface area (Å²) in [5.41, 5.74) is 1.31. The minimum absolute atomic E-state index is 0.0996. The lowest BCUT2D eigenvalue weighted by atomic mass is 10.1. The highest BCUT2D eigenvalue weighted by Crippen LogP contribution is 2.13. The van der Waals surface area contributed by atoms with Gasteiger partial charge in [-0.25, -0.2) is 0 Å². The molecule has 0 saturated carbocycles. The van der Waals surface area contributed by atoms with Crippen LogP contribution in [0.4, 0.5) is 0 Å². The summed E-state index contributed by atoms with van der Waals surface area (Å²) in [6.07, 6.45) is 0.702. The number of carbonyl (C=O) groups is 1. The summed E-state index contributed by atoms with van der Waals surface area (Å²) in [6, 6.07) is 0. The van der Waals surface area contributed by atoms with Gasteiger partial charge in [-0.15, -0.1) is 0 Å². The van der Waals surface area contributed by atoms with Crippen LogP contribution in [-0.4, -0.2) is 43.1 Å². The second-order valence-electron chi connectivity index (χ2n) is 3.97. The van der Waals surface area contributed by atoms with Crippen molar-refractivity contribution in [2.24, 2.45) is 0 Å². The van der Waals surface area contributed by atoms with Crippen molar-refractivity contribution in [1.29, 1.82) is 0 Å². The molecule has 16 heavy (non-hydrogen) atoms. The molecule has 0 unspecified atom stereocenters. The van der Waals surface area contributed by atoms with Gasteiger partial charge in [0.15, 0.2) is 0 Å². The van der Waals surface area contributed by atoms with Gasteiger partial charge in [-0.2, -0.15) is 0 Å². The van der Waals surface area contributed by atoms with Crippen LogP contribution in [0.3, 0.4) is 0 Å². The zero-order chi connectivity index (χ0) is 12.1. The monoisotopic (exact) mass is 225 g/mol. The summed E-state index contributed by atoms with van der Waals surface area (Å²) in [5.74, 6) is 0.483. The molecule has 0 aliphatic rings. The van der Waals surface area contributed by atoms with Crippen molar-refractivity contribution in [3.05, 3.63) is 17.0 Å². The number of rotatable bonds is 5. The van der Waals surface area contributed by atoms with Gasteiger partial charge in [-0.3, -0.25) is 4.79 Å². The molecular formula is C11H19N3O2. The molecule has 0 spiro atoms. The van der Waals surface area contributed by atoms with Crippen LogP contribution in [0.25, 0.3) is 0 Å². The van der Waals surface area contributed by atoms with E-state index in [1.807, 2.05) is 25.9 Å². The minimum atomic E-state index is -0.0996. The first-order valence-electron chi connectivity index (χ1n) is 5.44. The smallest absolute Gasteiger partial charge is 0.256 e. The number of likely N-dealkylation sites (N-methyl/N-ethyl adjacent to an activating group) is 1. The Morgan fingerprint density at radius 3 is 2.75 bits per heavy atom. The van der Waals surface area contributed by atoms with E-state index in [9.17, 15) is 4.79 Å². The molecular weight excluding hydrogens is 206 g/mol. The van der Waals surface area contributed by atoms with Crippen molar-refractivity contribution < 1.29 is 9.32 Å². The Morgan fingerprint density at radius 2 is 2.19 bits per heavy atom. The molecule has 5 nitrogen and oxygen atoms in total. The van der Waals surface area contributed by atoms with E-state index >= 15 is 0 Å².